The van der Waals surface area contributed by atoms with Crippen LogP contribution in [0.4, 0.5) is 4.39 Å². The summed E-state index contributed by atoms with van der Waals surface area (Å²) < 4.78 is 18.3. The molecule has 0 atom stereocenters. The first kappa shape index (κ1) is 23.7. The predicted molar refractivity (Wildman–Crippen MR) is 128 cm³/mol. The first-order valence-corrected chi connectivity index (χ1v) is 12.5. The maximum Gasteiger partial charge on any atom is 0.241 e. The highest BCUT2D eigenvalue weighted by Gasteiger charge is 2.25. The quantitative estimate of drug-likeness (QED) is 0.437. The monoisotopic (exact) mass is 488 g/mol. The third-order valence-electron chi connectivity index (χ3n) is 5.62. The van der Waals surface area contributed by atoms with Crippen molar-refractivity contribution in [1.29, 1.82) is 0 Å². The number of thioether (sulfide) groups is 1. The lowest BCUT2D eigenvalue weighted by atomic mass is 9.96. The number of carbonyl (C=O) groups excluding carboxylic acids is 1. The fourth-order valence-corrected chi connectivity index (χ4v) is 4.69. The lowest BCUT2D eigenvalue weighted by molar-refractivity contribution is -0.126. The summed E-state index contributed by atoms with van der Waals surface area (Å²) in [5.41, 5.74) is 1.95. The number of nitrogens with zero attached hydrogens (tertiary/aromatic N) is 3. The van der Waals surface area contributed by atoms with Crippen molar-refractivity contribution in [3.63, 3.8) is 0 Å². The van der Waals surface area contributed by atoms with Gasteiger partial charge in [0.05, 0.1) is 6.54 Å². The van der Waals surface area contributed by atoms with Gasteiger partial charge in [-0.25, -0.2) is 4.39 Å². The number of rotatable bonds is 9. The van der Waals surface area contributed by atoms with Crippen molar-refractivity contribution in [2.24, 2.45) is 5.92 Å². The molecule has 0 spiro atoms. The molecule has 6 nitrogen and oxygen atoms in total. The lowest BCUT2D eigenvalue weighted by Gasteiger charge is -2.30. The van der Waals surface area contributed by atoms with Crippen molar-refractivity contribution in [1.82, 2.24) is 20.4 Å². The van der Waals surface area contributed by atoms with Crippen molar-refractivity contribution in [2.45, 2.75) is 25.1 Å². The molecule has 0 radical (unpaired) electrons. The molecule has 174 valence electrons. The molecule has 1 amide bonds. The van der Waals surface area contributed by atoms with E-state index in [-0.39, 0.29) is 17.6 Å². The summed E-state index contributed by atoms with van der Waals surface area (Å²) >= 11 is 7.65. The maximum atomic E-state index is 12.9. The molecular weight excluding hydrogens is 463 g/mol. The SMILES string of the molecule is O=C(NCCSCc1ccc(F)cc1)C1CCN(Cc2nc(-c3ccc(Cl)cc3)no2)CC1. The number of aromatic nitrogens is 2. The van der Waals surface area contributed by atoms with Crippen LogP contribution < -0.4 is 5.32 Å². The molecule has 0 bridgehead atoms. The van der Waals surface area contributed by atoms with Gasteiger partial charge < -0.3 is 9.84 Å². The van der Waals surface area contributed by atoms with E-state index in [9.17, 15) is 9.18 Å². The molecule has 33 heavy (non-hydrogen) atoms. The molecular formula is C24H26ClFN4O2S. The molecule has 0 saturated carbocycles. The second kappa shape index (κ2) is 11.6. The van der Waals surface area contributed by atoms with Gasteiger partial charge in [-0.1, -0.05) is 28.9 Å². The lowest BCUT2D eigenvalue weighted by Crippen LogP contribution is -2.40. The number of carbonyl (C=O) groups is 1. The van der Waals surface area contributed by atoms with E-state index in [2.05, 4.69) is 20.4 Å². The zero-order valence-corrected chi connectivity index (χ0v) is 19.7. The molecule has 1 fully saturated rings. The van der Waals surface area contributed by atoms with Gasteiger partial charge in [-0.2, -0.15) is 16.7 Å². The highest BCUT2D eigenvalue weighted by Crippen LogP contribution is 2.22. The Labute approximate surface area is 201 Å². The Hall–Kier alpha value is -2.42. The number of nitrogens with one attached hydrogen (secondary N) is 1. The zero-order chi connectivity index (χ0) is 23.0. The van der Waals surface area contributed by atoms with Crippen LogP contribution in [0.3, 0.4) is 0 Å². The Morgan fingerprint density at radius 2 is 1.88 bits per heavy atom. The topological polar surface area (TPSA) is 71.3 Å². The Morgan fingerprint density at radius 3 is 2.61 bits per heavy atom. The standard InChI is InChI=1S/C24H26ClFN4O2S/c25-20-5-3-18(4-6-20)23-28-22(32-29-23)15-30-12-9-19(10-13-30)24(31)27-11-14-33-16-17-1-7-21(26)8-2-17/h1-8,19H,9-16H2,(H,27,31). The van der Waals surface area contributed by atoms with Crippen LogP contribution in [0, 0.1) is 11.7 Å². The number of hydrogen-bond acceptors (Lipinski definition) is 6. The van der Waals surface area contributed by atoms with Crippen molar-refractivity contribution in [3.05, 3.63) is 70.8 Å². The van der Waals surface area contributed by atoms with Crippen LogP contribution in [-0.4, -0.2) is 46.3 Å². The van der Waals surface area contributed by atoms with Crippen LogP contribution in [-0.2, 0) is 17.1 Å². The largest absolute Gasteiger partial charge is 0.355 e. The summed E-state index contributed by atoms with van der Waals surface area (Å²) in [6.07, 6.45) is 1.62. The fraction of sp³-hybridized carbons (Fsp3) is 0.375. The second-order valence-corrected chi connectivity index (χ2v) is 9.58. The van der Waals surface area contributed by atoms with Crippen LogP contribution in [0.5, 0.6) is 0 Å². The highest BCUT2D eigenvalue weighted by atomic mass is 35.5. The maximum absolute atomic E-state index is 12.9. The summed E-state index contributed by atoms with van der Waals surface area (Å²) in [6.45, 7) is 2.85. The molecule has 1 aromatic heterocycles. The molecule has 1 aliphatic rings. The molecule has 1 saturated heterocycles. The molecule has 2 heterocycles. The first-order chi connectivity index (χ1) is 16.1. The summed E-state index contributed by atoms with van der Waals surface area (Å²) in [5, 5.41) is 7.77. The summed E-state index contributed by atoms with van der Waals surface area (Å²) in [4.78, 5) is 19.2. The van der Waals surface area contributed by atoms with Gasteiger partial charge in [-0.05, 0) is 67.9 Å². The Kier molecular flexibility index (Phi) is 8.36. The van der Waals surface area contributed by atoms with Crippen molar-refractivity contribution < 1.29 is 13.7 Å². The highest BCUT2D eigenvalue weighted by molar-refractivity contribution is 7.98. The third-order valence-corrected chi connectivity index (χ3v) is 6.90. The van der Waals surface area contributed by atoms with E-state index >= 15 is 0 Å². The number of benzene rings is 2. The van der Waals surface area contributed by atoms with Crippen LogP contribution >= 0.6 is 23.4 Å². The van der Waals surface area contributed by atoms with Gasteiger partial charge in [0.2, 0.25) is 17.6 Å². The normalized spacial score (nSPS) is 15.0. The molecule has 0 aliphatic carbocycles. The average Bonchev–Trinajstić information content (AvgIpc) is 3.29. The average molecular weight is 489 g/mol. The predicted octanol–water partition coefficient (Wildman–Crippen LogP) is 4.79. The van der Waals surface area contributed by atoms with Gasteiger partial charge in [0.25, 0.3) is 0 Å². The van der Waals surface area contributed by atoms with E-state index in [1.165, 1.54) is 12.1 Å². The summed E-state index contributed by atoms with van der Waals surface area (Å²) in [5.74, 6) is 2.70. The van der Waals surface area contributed by atoms with Crippen molar-refractivity contribution >= 4 is 29.3 Å². The van der Waals surface area contributed by atoms with E-state index < -0.39 is 0 Å². The first-order valence-electron chi connectivity index (χ1n) is 11.0. The summed E-state index contributed by atoms with van der Waals surface area (Å²) in [6, 6.07) is 13.9. The van der Waals surface area contributed by atoms with Gasteiger partial charge in [-0.3, -0.25) is 9.69 Å². The molecule has 0 unspecified atom stereocenters. The number of piperidine rings is 1. The molecule has 4 rings (SSSR count). The number of likely N-dealkylation sites (tertiary alicyclic amines) is 1. The molecule has 3 aromatic rings. The minimum atomic E-state index is -0.221. The third kappa shape index (κ3) is 7.03. The van der Waals surface area contributed by atoms with Crippen LogP contribution in [0.1, 0.15) is 24.3 Å². The number of amides is 1. The minimum Gasteiger partial charge on any atom is -0.355 e. The number of hydrogen-bond donors (Lipinski definition) is 1. The Morgan fingerprint density at radius 1 is 1.15 bits per heavy atom. The molecule has 1 N–H and O–H groups in total. The van der Waals surface area contributed by atoms with Crippen LogP contribution in [0.2, 0.25) is 5.02 Å². The van der Waals surface area contributed by atoms with Gasteiger partial charge in [0, 0.05) is 34.6 Å². The van der Waals surface area contributed by atoms with Gasteiger partial charge in [0.15, 0.2) is 0 Å². The smallest absolute Gasteiger partial charge is 0.241 e. The van der Waals surface area contributed by atoms with E-state index in [4.69, 9.17) is 16.1 Å². The van der Waals surface area contributed by atoms with E-state index in [0.717, 1.165) is 48.6 Å². The van der Waals surface area contributed by atoms with Crippen molar-refractivity contribution in [2.75, 3.05) is 25.4 Å². The Balaban J connectivity index is 1.13. The Bertz CT molecular complexity index is 1040. The molecule has 1 aliphatic heterocycles. The molecule has 2 aromatic carbocycles. The van der Waals surface area contributed by atoms with Gasteiger partial charge >= 0.3 is 0 Å². The van der Waals surface area contributed by atoms with Crippen LogP contribution in [0.15, 0.2) is 53.1 Å². The van der Waals surface area contributed by atoms with E-state index in [1.807, 2.05) is 12.1 Å². The van der Waals surface area contributed by atoms with Crippen molar-refractivity contribution in [3.8, 4) is 11.4 Å². The van der Waals surface area contributed by atoms with E-state index in [0.29, 0.717) is 29.8 Å². The summed E-state index contributed by atoms with van der Waals surface area (Å²) in [7, 11) is 0. The second-order valence-electron chi connectivity index (χ2n) is 8.04. The van der Waals surface area contributed by atoms with Gasteiger partial charge in [0.1, 0.15) is 5.82 Å². The molecule has 9 heteroatoms. The zero-order valence-electron chi connectivity index (χ0n) is 18.2. The van der Waals surface area contributed by atoms with Gasteiger partial charge in [-0.15, -0.1) is 0 Å². The fourth-order valence-electron chi connectivity index (χ4n) is 3.74. The number of halogens is 2. The minimum absolute atomic E-state index is 0.0377. The van der Waals surface area contributed by atoms with Crippen LogP contribution in [0.25, 0.3) is 11.4 Å². The van der Waals surface area contributed by atoms with E-state index in [1.54, 1.807) is 36.0 Å².